The minimum atomic E-state index is -0.627. The number of nitrogens with one attached hydrogen (secondary N) is 2. The standard InChI is InChI=1S/C11H18N4O3/c1-8(16)6-18-3-2-14-11(17)10(12)4-9-5-13-7-15-9/h5,7,10H,2-4,6,12H2,1H3,(H,13,15)(H,14,17). The minimum absolute atomic E-state index is 0.0442. The summed E-state index contributed by atoms with van der Waals surface area (Å²) in [4.78, 5) is 28.9. The predicted octanol–water partition coefficient (Wildman–Crippen LogP) is -0.999. The molecule has 0 saturated heterocycles. The van der Waals surface area contributed by atoms with Crippen molar-refractivity contribution in [3.8, 4) is 0 Å². The highest BCUT2D eigenvalue weighted by Crippen LogP contribution is 1.96. The highest BCUT2D eigenvalue weighted by Gasteiger charge is 2.13. The van der Waals surface area contributed by atoms with Crippen molar-refractivity contribution < 1.29 is 14.3 Å². The molecule has 1 rings (SSSR count). The zero-order valence-electron chi connectivity index (χ0n) is 10.3. The summed E-state index contributed by atoms with van der Waals surface area (Å²) in [6.45, 7) is 2.14. The van der Waals surface area contributed by atoms with E-state index in [1.54, 1.807) is 6.20 Å². The Morgan fingerprint density at radius 1 is 1.61 bits per heavy atom. The van der Waals surface area contributed by atoms with Gasteiger partial charge in [-0.3, -0.25) is 9.59 Å². The van der Waals surface area contributed by atoms with Gasteiger partial charge in [0.2, 0.25) is 5.91 Å². The lowest BCUT2D eigenvalue weighted by Gasteiger charge is -2.11. The van der Waals surface area contributed by atoms with Crippen LogP contribution in [0.4, 0.5) is 0 Å². The largest absolute Gasteiger partial charge is 0.372 e. The van der Waals surface area contributed by atoms with Crippen LogP contribution in [0.25, 0.3) is 0 Å². The van der Waals surface area contributed by atoms with E-state index in [2.05, 4.69) is 15.3 Å². The van der Waals surface area contributed by atoms with Gasteiger partial charge in [-0.25, -0.2) is 4.98 Å². The topological polar surface area (TPSA) is 110 Å². The maximum atomic E-state index is 11.6. The molecule has 1 atom stereocenters. The van der Waals surface area contributed by atoms with Gasteiger partial charge in [-0.2, -0.15) is 0 Å². The Morgan fingerprint density at radius 2 is 2.39 bits per heavy atom. The minimum Gasteiger partial charge on any atom is -0.372 e. The second kappa shape index (κ2) is 7.57. The SMILES string of the molecule is CC(=O)COCCNC(=O)C(N)Cc1cnc[nH]1. The van der Waals surface area contributed by atoms with Crippen molar-refractivity contribution in [2.45, 2.75) is 19.4 Å². The average molecular weight is 254 g/mol. The van der Waals surface area contributed by atoms with E-state index in [1.807, 2.05) is 0 Å². The quantitative estimate of drug-likeness (QED) is 0.515. The summed E-state index contributed by atoms with van der Waals surface area (Å²) < 4.78 is 5.01. The van der Waals surface area contributed by atoms with E-state index in [-0.39, 0.29) is 18.3 Å². The summed E-state index contributed by atoms with van der Waals surface area (Å²) in [7, 11) is 0. The first-order valence-corrected chi connectivity index (χ1v) is 5.67. The molecule has 1 amide bonds. The van der Waals surface area contributed by atoms with Crippen LogP contribution in [0.3, 0.4) is 0 Å². The van der Waals surface area contributed by atoms with Crippen LogP contribution < -0.4 is 11.1 Å². The second-order valence-electron chi connectivity index (χ2n) is 3.93. The summed E-state index contributed by atoms with van der Waals surface area (Å²) in [5, 5.41) is 2.63. The third-order valence-corrected chi connectivity index (χ3v) is 2.18. The maximum Gasteiger partial charge on any atom is 0.237 e. The van der Waals surface area contributed by atoms with Crippen molar-refractivity contribution in [1.29, 1.82) is 0 Å². The number of carbonyl (C=O) groups excluding carboxylic acids is 2. The fourth-order valence-electron chi connectivity index (χ4n) is 1.32. The van der Waals surface area contributed by atoms with Crippen molar-refractivity contribution in [2.75, 3.05) is 19.8 Å². The summed E-state index contributed by atoms with van der Waals surface area (Å²) >= 11 is 0. The number of hydrogen-bond donors (Lipinski definition) is 3. The molecule has 0 aliphatic rings. The Hall–Kier alpha value is -1.73. The van der Waals surface area contributed by atoms with Crippen molar-refractivity contribution in [3.05, 3.63) is 18.2 Å². The molecule has 0 fully saturated rings. The molecule has 0 bridgehead atoms. The summed E-state index contributed by atoms with van der Waals surface area (Å²) in [6, 6.07) is -0.627. The van der Waals surface area contributed by atoms with Gasteiger partial charge in [0, 0.05) is 24.9 Å². The number of aromatic nitrogens is 2. The van der Waals surface area contributed by atoms with Gasteiger partial charge in [0.1, 0.15) is 6.61 Å². The Kier molecular flexibility index (Phi) is 6.03. The molecule has 0 saturated carbocycles. The number of Topliss-reactive ketones (excluding diaryl/α,β-unsaturated/α-hetero) is 1. The normalized spacial score (nSPS) is 12.1. The lowest BCUT2D eigenvalue weighted by Crippen LogP contribution is -2.43. The monoisotopic (exact) mass is 254 g/mol. The number of rotatable bonds is 8. The zero-order valence-corrected chi connectivity index (χ0v) is 10.3. The molecule has 0 aliphatic carbocycles. The molecular formula is C11H18N4O3. The van der Waals surface area contributed by atoms with E-state index in [0.717, 1.165) is 5.69 Å². The number of imidazole rings is 1. The Bertz CT molecular complexity index is 378. The Morgan fingerprint density at radius 3 is 3.00 bits per heavy atom. The second-order valence-corrected chi connectivity index (χ2v) is 3.93. The van der Waals surface area contributed by atoms with Gasteiger partial charge in [-0.05, 0) is 6.92 Å². The summed E-state index contributed by atoms with van der Waals surface area (Å²) in [6.07, 6.45) is 3.57. The number of carbonyl (C=O) groups is 2. The fraction of sp³-hybridized carbons (Fsp3) is 0.545. The lowest BCUT2D eigenvalue weighted by molar-refractivity contribution is -0.122. The number of amides is 1. The Labute approximate surface area is 105 Å². The number of aromatic amines is 1. The first-order valence-electron chi connectivity index (χ1n) is 5.67. The first-order chi connectivity index (χ1) is 8.59. The number of nitrogens with two attached hydrogens (primary N) is 1. The van der Waals surface area contributed by atoms with Crippen molar-refractivity contribution in [1.82, 2.24) is 15.3 Å². The molecule has 4 N–H and O–H groups in total. The fourth-order valence-corrected chi connectivity index (χ4v) is 1.32. The number of ether oxygens (including phenoxy) is 1. The van der Waals surface area contributed by atoms with Crippen LogP contribution in [0.1, 0.15) is 12.6 Å². The molecule has 0 radical (unpaired) electrons. The van der Waals surface area contributed by atoms with Crippen LogP contribution in [0.15, 0.2) is 12.5 Å². The molecule has 0 spiro atoms. The summed E-state index contributed by atoms with van der Waals surface area (Å²) in [5.41, 5.74) is 6.53. The van der Waals surface area contributed by atoms with Crippen LogP contribution in [-0.4, -0.2) is 47.5 Å². The highest BCUT2D eigenvalue weighted by atomic mass is 16.5. The van der Waals surface area contributed by atoms with Gasteiger partial charge < -0.3 is 20.8 Å². The smallest absolute Gasteiger partial charge is 0.237 e. The van der Waals surface area contributed by atoms with Crippen LogP contribution in [0.5, 0.6) is 0 Å². The van der Waals surface area contributed by atoms with Gasteiger partial charge in [-0.1, -0.05) is 0 Å². The molecule has 1 aromatic rings. The molecule has 7 nitrogen and oxygen atoms in total. The van der Waals surface area contributed by atoms with Gasteiger partial charge in [0.15, 0.2) is 5.78 Å². The predicted molar refractivity (Wildman–Crippen MR) is 64.8 cm³/mol. The molecule has 1 aromatic heterocycles. The molecule has 18 heavy (non-hydrogen) atoms. The third kappa shape index (κ3) is 5.55. The number of hydrogen-bond acceptors (Lipinski definition) is 5. The molecule has 100 valence electrons. The number of H-pyrrole nitrogens is 1. The van der Waals surface area contributed by atoms with E-state index < -0.39 is 6.04 Å². The number of nitrogens with zero attached hydrogens (tertiary/aromatic N) is 1. The molecule has 0 aromatic carbocycles. The summed E-state index contributed by atoms with van der Waals surface area (Å²) in [5.74, 6) is -0.298. The lowest BCUT2D eigenvalue weighted by atomic mass is 10.1. The van der Waals surface area contributed by atoms with Crippen LogP contribution >= 0.6 is 0 Å². The van der Waals surface area contributed by atoms with Crippen molar-refractivity contribution in [3.63, 3.8) is 0 Å². The van der Waals surface area contributed by atoms with E-state index >= 15 is 0 Å². The van der Waals surface area contributed by atoms with Crippen LogP contribution in [-0.2, 0) is 20.7 Å². The molecule has 1 heterocycles. The first kappa shape index (κ1) is 14.3. The van der Waals surface area contributed by atoms with E-state index in [1.165, 1.54) is 13.3 Å². The number of ketones is 1. The highest BCUT2D eigenvalue weighted by molar-refractivity contribution is 5.81. The molecule has 7 heteroatoms. The average Bonchev–Trinajstić information content (AvgIpc) is 2.80. The molecule has 1 unspecified atom stereocenters. The maximum absolute atomic E-state index is 11.6. The van der Waals surface area contributed by atoms with E-state index in [9.17, 15) is 9.59 Å². The van der Waals surface area contributed by atoms with E-state index in [4.69, 9.17) is 10.5 Å². The Balaban J connectivity index is 2.14. The van der Waals surface area contributed by atoms with Gasteiger partial charge in [0.25, 0.3) is 0 Å². The third-order valence-electron chi connectivity index (χ3n) is 2.18. The van der Waals surface area contributed by atoms with Crippen LogP contribution in [0, 0.1) is 0 Å². The van der Waals surface area contributed by atoms with Crippen LogP contribution in [0.2, 0.25) is 0 Å². The van der Waals surface area contributed by atoms with Crippen molar-refractivity contribution in [2.24, 2.45) is 5.73 Å². The zero-order chi connectivity index (χ0) is 13.4. The van der Waals surface area contributed by atoms with Gasteiger partial charge in [0.05, 0.1) is 19.0 Å². The van der Waals surface area contributed by atoms with Gasteiger partial charge in [-0.15, -0.1) is 0 Å². The molecular weight excluding hydrogens is 236 g/mol. The van der Waals surface area contributed by atoms with Crippen molar-refractivity contribution >= 4 is 11.7 Å². The molecule has 0 aliphatic heterocycles. The van der Waals surface area contributed by atoms with Gasteiger partial charge >= 0.3 is 0 Å². The van der Waals surface area contributed by atoms with E-state index in [0.29, 0.717) is 19.6 Å².